The highest BCUT2D eigenvalue weighted by Crippen LogP contribution is 2.33. The van der Waals surface area contributed by atoms with Gasteiger partial charge < -0.3 is 14.9 Å². The van der Waals surface area contributed by atoms with Crippen LogP contribution in [0.4, 0.5) is 11.6 Å². The van der Waals surface area contributed by atoms with Crippen LogP contribution in [-0.4, -0.2) is 47.4 Å². The van der Waals surface area contributed by atoms with E-state index >= 15 is 0 Å². The number of piperidine rings is 1. The largest absolute Gasteiger partial charge is 0.394 e. The summed E-state index contributed by atoms with van der Waals surface area (Å²) < 4.78 is 1.18. The zero-order chi connectivity index (χ0) is 18.8. The van der Waals surface area contributed by atoms with Crippen molar-refractivity contribution in [1.29, 1.82) is 0 Å². The molecule has 0 saturated carbocycles. The number of anilines is 2. The minimum Gasteiger partial charge on any atom is -0.394 e. The summed E-state index contributed by atoms with van der Waals surface area (Å²) >= 11 is 3.60. The van der Waals surface area contributed by atoms with Crippen molar-refractivity contribution in [2.75, 3.05) is 36.0 Å². The number of rotatable bonds is 4. The molecule has 27 heavy (non-hydrogen) atoms. The van der Waals surface area contributed by atoms with Gasteiger partial charge in [-0.05, 0) is 55.7 Å². The van der Waals surface area contributed by atoms with Gasteiger partial charge in [0.05, 0.1) is 12.6 Å². The van der Waals surface area contributed by atoms with Gasteiger partial charge in [-0.3, -0.25) is 0 Å². The monoisotopic (exact) mass is 430 g/mol. The fraction of sp³-hybridized carbons (Fsp3) is 0.524. The molecule has 5 nitrogen and oxygen atoms in total. The minimum absolute atomic E-state index is 0.192. The molecule has 0 radical (unpaired) electrons. The molecule has 2 aliphatic heterocycles. The fourth-order valence-corrected chi connectivity index (χ4v) is 4.60. The first-order chi connectivity index (χ1) is 13.2. The van der Waals surface area contributed by atoms with Crippen LogP contribution < -0.4 is 9.80 Å². The molecule has 2 aromatic rings. The van der Waals surface area contributed by atoms with E-state index in [4.69, 9.17) is 0 Å². The first-order valence-electron chi connectivity index (χ1n) is 9.86. The Bertz CT molecular complexity index is 792. The normalized spacial score (nSPS) is 21.1. The van der Waals surface area contributed by atoms with Gasteiger partial charge in [0.1, 0.15) is 18.0 Å². The third-order valence-electron chi connectivity index (χ3n) is 5.99. The van der Waals surface area contributed by atoms with Crippen molar-refractivity contribution in [2.45, 2.75) is 44.6 Å². The highest BCUT2D eigenvalue weighted by atomic mass is 79.9. The summed E-state index contributed by atoms with van der Waals surface area (Å²) in [5, 5.41) is 9.59. The second kappa shape index (κ2) is 8.15. The molecule has 1 aromatic carbocycles. The molecule has 2 aliphatic rings. The van der Waals surface area contributed by atoms with Crippen LogP contribution in [0.25, 0.3) is 0 Å². The molecule has 1 unspecified atom stereocenters. The predicted octanol–water partition coefficient (Wildman–Crippen LogP) is 3.89. The maximum Gasteiger partial charge on any atom is 0.134 e. The maximum absolute atomic E-state index is 9.59. The number of aliphatic hydroxyl groups excluding tert-OH is 1. The van der Waals surface area contributed by atoms with Crippen molar-refractivity contribution in [2.24, 2.45) is 0 Å². The molecule has 0 bridgehead atoms. The summed E-state index contributed by atoms with van der Waals surface area (Å²) in [6.45, 7) is 5.34. The third kappa shape index (κ3) is 3.97. The predicted molar refractivity (Wildman–Crippen MR) is 113 cm³/mol. The summed E-state index contributed by atoms with van der Waals surface area (Å²) in [5.41, 5.74) is 2.75. The highest BCUT2D eigenvalue weighted by molar-refractivity contribution is 9.10. The Morgan fingerprint density at radius 3 is 2.59 bits per heavy atom. The highest BCUT2D eigenvalue weighted by Gasteiger charge is 2.26. The Labute approximate surface area is 169 Å². The molecule has 1 atom stereocenters. The van der Waals surface area contributed by atoms with Gasteiger partial charge >= 0.3 is 0 Å². The molecule has 144 valence electrons. The van der Waals surface area contributed by atoms with Crippen LogP contribution in [0, 0.1) is 6.92 Å². The molecular weight excluding hydrogens is 404 g/mol. The standard InChI is InChI=1S/C21H27BrN4O/c1-15-11-17(4-5-19(15)22)16-6-9-25(10-7-16)20-12-21(24-14-23-20)26-8-2-3-18(26)13-27/h4-5,11-12,14,16,18,27H,2-3,6-10,13H2,1H3. The summed E-state index contributed by atoms with van der Waals surface area (Å²) in [5.74, 6) is 2.57. The topological polar surface area (TPSA) is 52.5 Å². The quantitative estimate of drug-likeness (QED) is 0.796. The van der Waals surface area contributed by atoms with Crippen LogP contribution in [0.15, 0.2) is 35.1 Å². The van der Waals surface area contributed by atoms with Crippen molar-refractivity contribution >= 4 is 27.6 Å². The number of hydrogen-bond donors (Lipinski definition) is 1. The van der Waals surface area contributed by atoms with Crippen LogP contribution in [0.5, 0.6) is 0 Å². The lowest BCUT2D eigenvalue weighted by Gasteiger charge is -2.33. The minimum atomic E-state index is 0.192. The molecule has 0 spiro atoms. The lowest BCUT2D eigenvalue weighted by Crippen LogP contribution is -2.35. The van der Waals surface area contributed by atoms with Gasteiger partial charge in [0.15, 0.2) is 0 Å². The van der Waals surface area contributed by atoms with Crippen LogP contribution in [0.3, 0.4) is 0 Å². The van der Waals surface area contributed by atoms with E-state index in [9.17, 15) is 5.11 Å². The fourth-order valence-electron chi connectivity index (χ4n) is 4.36. The van der Waals surface area contributed by atoms with E-state index in [-0.39, 0.29) is 12.6 Å². The first kappa shape index (κ1) is 18.7. The van der Waals surface area contributed by atoms with Crippen molar-refractivity contribution in [3.8, 4) is 0 Å². The lowest BCUT2D eigenvalue weighted by molar-refractivity contribution is 0.266. The van der Waals surface area contributed by atoms with E-state index in [0.29, 0.717) is 5.92 Å². The zero-order valence-corrected chi connectivity index (χ0v) is 17.4. The zero-order valence-electron chi connectivity index (χ0n) is 15.8. The number of nitrogens with zero attached hydrogens (tertiary/aromatic N) is 4. The molecular formula is C21H27BrN4O. The maximum atomic E-state index is 9.59. The number of aliphatic hydroxyl groups is 1. The average Bonchev–Trinajstić information content (AvgIpc) is 3.19. The van der Waals surface area contributed by atoms with Crippen molar-refractivity contribution in [3.63, 3.8) is 0 Å². The molecule has 2 saturated heterocycles. The average molecular weight is 431 g/mol. The van der Waals surface area contributed by atoms with Gasteiger partial charge in [-0.1, -0.05) is 28.1 Å². The van der Waals surface area contributed by atoms with Gasteiger partial charge in [-0.25, -0.2) is 9.97 Å². The van der Waals surface area contributed by atoms with Gasteiger partial charge in [0.2, 0.25) is 0 Å². The van der Waals surface area contributed by atoms with E-state index in [1.165, 1.54) is 15.6 Å². The number of aromatic nitrogens is 2. The Hall–Kier alpha value is -1.66. The summed E-state index contributed by atoms with van der Waals surface area (Å²) in [4.78, 5) is 13.6. The van der Waals surface area contributed by atoms with E-state index in [1.807, 2.05) is 0 Å². The Morgan fingerprint density at radius 1 is 1.07 bits per heavy atom. The summed E-state index contributed by atoms with van der Waals surface area (Å²) in [6.07, 6.45) is 6.10. The first-order valence-corrected chi connectivity index (χ1v) is 10.7. The molecule has 4 rings (SSSR count). The second-order valence-electron chi connectivity index (χ2n) is 7.68. The smallest absolute Gasteiger partial charge is 0.134 e. The van der Waals surface area contributed by atoms with Crippen LogP contribution >= 0.6 is 15.9 Å². The van der Waals surface area contributed by atoms with E-state index < -0.39 is 0 Å². The molecule has 1 aromatic heterocycles. The number of aryl methyl sites for hydroxylation is 1. The number of halogens is 1. The van der Waals surface area contributed by atoms with E-state index in [1.54, 1.807) is 6.33 Å². The van der Waals surface area contributed by atoms with Gasteiger partial charge in [0.25, 0.3) is 0 Å². The van der Waals surface area contributed by atoms with Crippen LogP contribution in [0.2, 0.25) is 0 Å². The van der Waals surface area contributed by atoms with Gasteiger partial charge in [0, 0.05) is 30.2 Å². The number of hydrogen-bond acceptors (Lipinski definition) is 5. The van der Waals surface area contributed by atoms with Crippen LogP contribution in [-0.2, 0) is 0 Å². The van der Waals surface area contributed by atoms with E-state index in [0.717, 1.165) is 57.0 Å². The lowest BCUT2D eigenvalue weighted by atomic mass is 9.89. The van der Waals surface area contributed by atoms with Gasteiger partial charge in [-0.15, -0.1) is 0 Å². The Kier molecular flexibility index (Phi) is 5.64. The number of benzene rings is 1. The molecule has 3 heterocycles. The third-order valence-corrected chi connectivity index (χ3v) is 6.88. The Balaban J connectivity index is 1.44. The summed E-state index contributed by atoms with van der Waals surface area (Å²) in [7, 11) is 0. The summed E-state index contributed by atoms with van der Waals surface area (Å²) in [6, 6.07) is 9.02. The van der Waals surface area contributed by atoms with Crippen molar-refractivity contribution in [3.05, 3.63) is 46.2 Å². The van der Waals surface area contributed by atoms with Crippen LogP contribution in [0.1, 0.15) is 42.7 Å². The second-order valence-corrected chi connectivity index (χ2v) is 8.53. The Morgan fingerprint density at radius 2 is 1.85 bits per heavy atom. The van der Waals surface area contributed by atoms with Crippen molar-refractivity contribution in [1.82, 2.24) is 9.97 Å². The molecule has 0 amide bonds. The molecule has 0 aliphatic carbocycles. The van der Waals surface area contributed by atoms with E-state index in [2.05, 4.69) is 66.9 Å². The molecule has 6 heteroatoms. The van der Waals surface area contributed by atoms with Crippen molar-refractivity contribution < 1.29 is 5.11 Å². The van der Waals surface area contributed by atoms with Gasteiger partial charge in [-0.2, -0.15) is 0 Å². The molecule has 2 fully saturated rings. The molecule has 1 N–H and O–H groups in total. The SMILES string of the molecule is Cc1cc(C2CCN(c3cc(N4CCCC4CO)ncn3)CC2)ccc1Br.